The fourth-order valence-electron chi connectivity index (χ4n) is 1.09. The van der Waals surface area contributed by atoms with Crippen molar-refractivity contribution in [2.45, 2.75) is 20.4 Å². The van der Waals surface area contributed by atoms with E-state index in [0.29, 0.717) is 6.54 Å². The van der Waals surface area contributed by atoms with Crippen LogP contribution in [0, 0.1) is 5.92 Å². The molecule has 0 spiro atoms. The van der Waals surface area contributed by atoms with Crippen molar-refractivity contribution < 1.29 is 8.42 Å². The third-order valence-corrected chi connectivity index (χ3v) is 4.17. The van der Waals surface area contributed by atoms with E-state index < -0.39 is 10.0 Å². The van der Waals surface area contributed by atoms with Crippen molar-refractivity contribution in [2.75, 3.05) is 5.75 Å². The zero-order valence-corrected chi connectivity index (χ0v) is 9.99. The van der Waals surface area contributed by atoms with Crippen LogP contribution in [0.5, 0.6) is 0 Å². The first-order valence-electron chi connectivity index (χ1n) is 4.49. The molecule has 80 valence electrons. The Morgan fingerprint density at radius 2 is 2.21 bits per heavy atom. The molecule has 1 N–H and O–H groups in total. The lowest BCUT2D eigenvalue weighted by Crippen LogP contribution is -2.27. The Morgan fingerprint density at radius 3 is 2.71 bits per heavy atom. The largest absolute Gasteiger partial charge is 0.212 e. The molecule has 0 radical (unpaired) electrons. The second kappa shape index (κ2) is 4.91. The minimum atomic E-state index is -3.10. The number of hydrogen-bond acceptors (Lipinski definition) is 3. The van der Waals surface area contributed by atoms with Crippen LogP contribution >= 0.6 is 11.3 Å². The van der Waals surface area contributed by atoms with Gasteiger partial charge in [0.15, 0.2) is 0 Å². The third-order valence-electron chi connectivity index (χ3n) is 1.60. The molecule has 0 aliphatic rings. The normalized spacial score (nSPS) is 12.2. The van der Waals surface area contributed by atoms with E-state index >= 15 is 0 Å². The summed E-state index contributed by atoms with van der Waals surface area (Å²) in [4.78, 5) is 1.04. The molecule has 1 heterocycles. The van der Waals surface area contributed by atoms with Gasteiger partial charge in [0, 0.05) is 11.4 Å². The Bertz CT molecular complexity index is 354. The topological polar surface area (TPSA) is 46.2 Å². The molecule has 0 bridgehead atoms. The van der Waals surface area contributed by atoms with Crippen molar-refractivity contribution in [3.05, 3.63) is 22.4 Å². The number of rotatable bonds is 5. The van der Waals surface area contributed by atoms with Gasteiger partial charge in [-0.3, -0.25) is 0 Å². The smallest absolute Gasteiger partial charge is 0.212 e. The highest BCUT2D eigenvalue weighted by Crippen LogP contribution is 2.08. The van der Waals surface area contributed by atoms with E-state index in [1.807, 2.05) is 31.4 Å². The summed E-state index contributed by atoms with van der Waals surface area (Å²) in [6, 6.07) is 3.83. The lowest BCUT2D eigenvalue weighted by Gasteiger charge is -2.07. The zero-order valence-electron chi connectivity index (χ0n) is 8.36. The first-order valence-corrected chi connectivity index (χ1v) is 7.02. The molecule has 0 saturated carbocycles. The SMILES string of the molecule is CC(C)CS(=O)(=O)NCc1cccs1. The van der Waals surface area contributed by atoms with E-state index in [0.717, 1.165) is 4.88 Å². The van der Waals surface area contributed by atoms with Crippen LogP contribution < -0.4 is 4.72 Å². The molecule has 0 fully saturated rings. The highest BCUT2D eigenvalue weighted by atomic mass is 32.2. The fourth-order valence-corrected chi connectivity index (χ4v) is 3.20. The Balaban J connectivity index is 2.45. The Kier molecular flexibility index (Phi) is 4.10. The van der Waals surface area contributed by atoms with Crippen LogP contribution in [-0.2, 0) is 16.6 Å². The van der Waals surface area contributed by atoms with Crippen LogP contribution in [0.1, 0.15) is 18.7 Å². The quantitative estimate of drug-likeness (QED) is 0.843. The molecule has 0 atom stereocenters. The third kappa shape index (κ3) is 4.21. The van der Waals surface area contributed by atoms with Crippen LogP contribution in [0.4, 0.5) is 0 Å². The molecule has 1 aromatic rings. The molecule has 0 amide bonds. The van der Waals surface area contributed by atoms with Crippen LogP contribution in [0.25, 0.3) is 0 Å². The first kappa shape index (κ1) is 11.7. The number of sulfonamides is 1. The van der Waals surface area contributed by atoms with Crippen LogP contribution in [-0.4, -0.2) is 14.2 Å². The molecule has 0 unspecified atom stereocenters. The molecule has 0 aliphatic heterocycles. The van der Waals surface area contributed by atoms with Gasteiger partial charge in [-0.25, -0.2) is 13.1 Å². The van der Waals surface area contributed by atoms with E-state index in [9.17, 15) is 8.42 Å². The van der Waals surface area contributed by atoms with Crippen molar-refractivity contribution in [1.29, 1.82) is 0 Å². The van der Waals surface area contributed by atoms with E-state index in [4.69, 9.17) is 0 Å². The van der Waals surface area contributed by atoms with Crippen molar-refractivity contribution in [1.82, 2.24) is 4.72 Å². The maximum Gasteiger partial charge on any atom is 0.212 e. The first-order chi connectivity index (χ1) is 6.49. The molecule has 14 heavy (non-hydrogen) atoms. The van der Waals surface area contributed by atoms with Gasteiger partial charge in [0.1, 0.15) is 0 Å². The lowest BCUT2D eigenvalue weighted by molar-refractivity contribution is 0.568. The summed E-state index contributed by atoms with van der Waals surface area (Å²) < 4.78 is 25.4. The highest BCUT2D eigenvalue weighted by molar-refractivity contribution is 7.89. The second-order valence-corrected chi connectivity index (χ2v) is 6.46. The summed E-state index contributed by atoms with van der Waals surface area (Å²) in [7, 11) is -3.10. The molecule has 5 heteroatoms. The lowest BCUT2D eigenvalue weighted by atomic mass is 10.3. The molecule has 1 aromatic heterocycles. The Morgan fingerprint density at radius 1 is 1.50 bits per heavy atom. The van der Waals surface area contributed by atoms with Gasteiger partial charge in [-0.05, 0) is 17.4 Å². The average molecular weight is 233 g/mol. The van der Waals surface area contributed by atoms with E-state index in [1.165, 1.54) is 0 Å². The summed E-state index contributed by atoms with van der Waals surface area (Å²) in [5, 5.41) is 1.94. The van der Waals surface area contributed by atoms with Crippen LogP contribution in [0.2, 0.25) is 0 Å². The van der Waals surface area contributed by atoms with Gasteiger partial charge in [-0.15, -0.1) is 11.3 Å². The van der Waals surface area contributed by atoms with Gasteiger partial charge >= 0.3 is 0 Å². The molecule has 0 aromatic carbocycles. The highest BCUT2D eigenvalue weighted by Gasteiger charge is 2.12. The van der Waals surface area contributed by atoms with Gasteiger partial charge < -0.3 is 0 Å². The van der Waals surface area contributed by atoms with Gasteiger partial charge in [0.05, 0.1) is 5.75 Å². The summed E-state index contributed by atoms with van der Waals surface area (Å²) in [6.45, 7) is 4.20. The van der Waals surface area contributed by atoms with Crippen molar-refractivity contribution >= 4 is 21.4 Å². The standard InChI is InChI=1S/C9H15NO2S2/c1-8(2)7-14(11,12)10-6-9-4-3-5-13-9/h3-5,8,10H,6-7H2,1-2H3. The minimum Gasteiger partial charge on any atom is -0.212 e. The van der Waals surface area contributed by atoms with Crippen LogP contribution in [0.15, 0.2) is 17.5 Å². The van der Waals surface area contributed by atoms with Gasteiger partial charge in [-0.1, -0.05) is 19.9 Å². The zero-order chi connectivity index (χ0) is 10.6. The summed E-state index contributed by atoms with van der Waals surface area (Å²) in [5.41, 5.74) is 0. The average Bonchev–Trinajstić information content (AvgIpc) is 2.50. The monoisotopic (exact) mass is 233 g/mol. The molecule has 0 aliphatic carbocycles. The second-order valence-electron chi connectivity index (χ2n) is 3.58. The number of thiophene rings is 1. The summed E-state index contributed by atoms with van der Waals surface area (Å²) >= 11 is 1.56. The minimum absolute atomic E-state index is 0.163. The summed E-state index contributed by atoms with van der Waals surface area (Å²) in [5.74, 6) is 0.356. The van der Waals surface area contributed by atoms with Gasteiger partial charge in [0.25, 0.3) is 0 Å². The maximum absolute atomic E-state index is 11.4. The predicted molar refractivity (Wildman–Crippen MR) is 59.8 cm³/mol. The number of nitrogens with one attached hydrogen (secondary N) is 1. The molecule has 0 saturated heterocycles. The van der Waals surface area contributed by atoms with Crippen molar-refractivity contribution in [3.63, 3.8) is 0 Å². The molecular formula is C9H15NO2S2. The maximum atomic E-state index is 11.4. The van der Waals surface area contributed by atoms with Crippen molar-refractivity contribution in [2.24, 2.45) is 5.92 Å². The van der Waals surface area contributed by atoms with Crippen LogP contribution in [0.3, 0.4) is 0 Å². The Labute approximate surface area is 89.2 Å². The van der Waals surface area contributed by atoms with E-state index in [1.54, 1.807) is 11.3 Å². The van der Waals surface area contributed by atoms with E-state index in [2.05, 4.69) is 4.72 Å². The molecule has 1 rings (SSSR count). The molecule has 3 nitrogen and oxygen atoms in total. The van der Waals surface area contributed by atoms with Gasteiger partial charge in [-0.2, -0.15) is 0 Å². The Hall–Kier alpha value is -0.390. The predicted octanol–water partition coefficient (Wildman–Crippen LogP) is 1.82. The number of hydrogen-bond donors (Lipinski definition) is 1. The molecular weight excluding hydrogens is 218 g/mol. The van der Waals surface area contributed by atoms with Gasteiger partial charge in [0.2, 0.25) is 10.0 Å². The fraction of sp³-hybridized carbons (Fsp3) is 0.556. The van der Waals surface area contributed by atoms with E-state index in [-0.39, 0.29) is 11.7 Å². The van der Waals surface area contributed by atoms with Crippen molar-refractivity contribution in [3.8, 4) is 0 Å². The summed E-state index contributed by atoms with van der Waals surface area (Å²) in [6.07, 6.45) is 0.